The predicted octanol–water partition coefficient (Wildman–Crippen LogP) is 5.97. The molecule has 0 atom stereocenters. The lowest BCUT2D eigenvalue weighted by Gasteiger charge is -2.26. The topological polar surface area (TPSA) is 38.2 Å². The minimum Gasteiger partial charge on any atom is -0.474 e. The summed E-state index contributed by atoms with van der Waals surface area (Å²) in [5, 5.41) is 0. The minimum atomic E-state index is -4.55. The van der Waals surface area contributed by atoms with Crippen molar-refractivity contribution < 1.29 is 17.9 Å². The van der Waals surface area contributed by atoms with Crippen molar-refractivity contribution in [2.75, 3.05) is 11.4 Å². The van der Waals surface area contributed by atoms with Crippen molar-refractivity contribution in [3.8, 4) is 5.88 Å². The van der Waals surface area contributed by atoms with Gasteiger partial charge in [-0.25, -0.2) is 4.98 Å². The number of halogens is 4. The highest BCUT2D eigenvalue weighted by Crippen LogP contribution is 2.37. The number of rotatable bonds is 5. The second-order valence-corrected chi connectivity index (χ2v) is 7.73. The standard InChI is InChI=1S/C19H21F3IN3O/c1-2-26(14-10-8-13(23)9-11-14)18-24-12-16(19(20,21)22)17(25-18)27-15-6-4-3-5-7-15/h8-12,15H,2-7H2,1H3. The highest BCUT2D eigenvalue weighted by atomic mass is 127. The Hall–Kier alpha value is -1.58. The summed E-state index contributed by atoms with van der Waals surface area (Å²) in [6.07, 6.45) is 0.587. The van der Waals surface area contributed by atoms with Gasteiger partial charge in [0, 0.05) is 22.0 Å². The van der Waals surface area contributed by atoms with E-state index in [1.54, 1.807) is 4.90 Å². The molecule has 1 saturated carbocycles. The monoisotopic (exact) mass is 491 g/mol. The first kappa shape index (κ1) is 20.2. The van der Waals surface area contributed by atoms with Gasteiger partial charge in [-0.15, -0.1) is 0 Å². The molecule has 0 N–H and O–H groups in total. The van der Waals surface area contributed by atoms with Crippen molar-refractivity contribution in [2.24, 2.45) is 0 Å². The summed E-state index contributed by atoms with van der Waals surface area (Å²) in [7, 11) is 0. The Bertz CT molecular complexity index is 762. The van der Waals surface area contributed by atoms with Crippen LogP contribution in [0.2, 0.25) is 0 Å². The number of alkyl halides is 3. The molecule has 0 bridgehead atoms. The van der Waals surface area contributed by atoms with Gasteiger partial charge in [0.05, 0.1) is 0 Å². The highest BCUT2D eigenvalue weighted by molar-refractivity contribution is 14.1. The van der Waals surface area contributed by atoms with E-state index in [2.05, 4.69) is 32.6 Å². The summed E-state index contributed by atoms with van der Waals surface area (Å²) in [6, 6.07) is 7.66. The summed E-state index contributed by atoms with van der Waals surface area (Å²) in [6.45, 7) is 2.43. The van der Waals surface area contributed by atoms with Gasteiger partial charge >= 0.3 is 6.18 Å². The van der Waals surface area contributed by atoms with Crippen molar-refractivity contribution in [3.05, 3.63) is 39.6 Å². The third-order valence-electron chi connectivity index (χ3n) is 4.57. The van der Waals surface area contributed by atoms with Crippen molar-refractivity contribution in [1.29, 1.82) is 0 Å². The largest absolute Gasteiger partial charge is 0.474 e. The normalized spacial score (nSPS) is 15.6. The molecule has 0 amide bonds. The maximum atomic E-state index is 13.4. The van der Waals surface area contributed by atoms with Gasteiger partial charge < -0.3 is 9.64 Å². The first-order valence-corrected chi connectivity index (χ1v) is 10.1. The Morgan fingerprint density at radius 1 is 1.15 bits per heavy atom. The van der Waals surface area contributed by atoms with Crippen LogP contribution in [0.4, 0.5) is 24.8 Å². The van der Waals surface area contributed by atoms with Gasteiger partial charge in [-0.05, 0) is 79.5 Å². The van der Waals surface area contributed by atoms with Crippen LogP contribution in [-0.2, 0) is 6.18 Å². The van der Waals surface area contributed by atoms with Gasteiger partial charge in [0.15, 0.2) is 0 Å². The molecule has 4 nitrogen and oxygen atoms in total. The average molecular weight is 491 g/mol. The minimum absolute atomic E-state index is 0.206. The number of anilines is 2. The quantitative estimate of drug-likeness (QED) is 0.484. The molecule has 1 aromatic heterocycles. The fraction of sp³-hybridized carbons (Fsp3) is 0.474. The molecule has 1 aliphatic rings. The maximum absolute atomic E-state index is 13.4. The van der Waals surface area contributed by atoms with Crippen molar-refractivity contribution in [2.45, 2.75) is 51.3 Å². The Morgan fingerprint density at radius 2 is 1.81 bits per heavy atom. The third kappa shape index (κ3) is 5.03. The van der Waals surface area contributed by atoms with Crippen LogP contribution in [-0.4, -0.2) is 22.6 Å². The summed E-state index contributed by atoms with van der Waals surface area (Å²) >= 11 is 2.20. The van der Waals surface area contributed by atoms with Gasteiger partial charge in [0.2, 0.25) is 11.8 Å². The zero-order chi connectivity index (χ0) is 19.4. The van der Waals surface area contributed by atoms with Crippen LogP contribution in [0.1, 0.15) is 44.6 Å². The summed E-state index contributed by atoms with van der Waals surface area (Å²) < 4.78 is 47.0. The van der Waals surface area contributed by atoms with E-state index >= 15 is 0 Å². The molecule has 0 spiro atoms. The fourth-order valence-electron chi connectivity index (χ4n) is 3.17. The molecule has 0 aliphatic heterocycles. The van der Waals surface area contributed by atoms with E-state index in [-0.39, 0.29) is 17.9 Å². The first-order chi connectivity index (χ1) is 12.9. The molecule has 1 fully saturated rings. The van der Waals surface area contributed by atoms with Crippen molar-refractivity contribution in [1.82, 2.24) is 9.97 Å². The van der Waals surface area contributed by atoms with Crippen LogP contribution in [0.15, 0.2) is 30.5 Å². The van der Waals surface area contributed by atoms with Crippen molar-refractivity contribution >= 4 is 34.2 Å². The maximum Gasteiger partial charge on any atom is 0.423 e. The zero-order valence-electron chi connectivity index (χ0n) is 15.0. The smallest absolute Gasteiger partial charge is 0.423 e. The number of ether oxygens (including phenoxy) is 1. The first-order valence-electron chi connectivity index (χ1n) is 9.02. The molecule has 27 heavy (non-hydrogen) atoms. The zero-order valence-corrected chi connectivity index (χ0v) is 17.1. The van der Waals surface area contributed by atoms with Gasteiger partial charge in [0.1, 0.15) is 11.7 Å². The molecule has 3 rings (SSSR count). The second-order valence-electron chi connectivity index (χ2n) is 6.49. The van der Waals surface area contributed by atoms with Crippen LogP contribution in [0, 0.1) is 3.57 Å². The molecule has 1 heterocycles. The summed E-state index contributed by atoms with van der Waals surface area (Å²) in [4.78, 5) is 9.92. The Labute approximate surface area is 170 Å². The fourth-order valence-corrected chi connectivity index (χ4v) is 3.53. The van der Waals surface area contributed by atoms with E-state index in [0.717, 1.165) is 47.6 Å². The number of hydrogen-bond donors (Lipinski definition) is 0. The Balaban J connectivity index is 1.95. The Kier molecular flexibility index (Phi) is 6.44. The van der Waals surface area contributed by atoms with E-state index in [4.69, 9.17) is 4.74 Å². The number of aromatic nitrogens is 2. The van der Waals surface area contributed by atoms with Gasteiger partial charge in [0.25, 0.3) is 0 Å². The van der Waals surface area contributed by atoms with E-state index in [9.17, 15) is 13.2 Å². The molecule has 1 aliphatic carbocycles. The lowest BCUT2D eigenvalue weighted by Crippen LogP contribution is -2.24. The van der Waals surface area contributed by atoms with Crippen LogP contribution < -0.4 is 9.64 Å². The predicted molar refractivity (Wildman–Crippen MR) is 106 cm³/mol. The SMILES string of the molecule is CCN(c1ccc(I)cc1)c1ncc(C(F)(F)F)c(OC2CCCCC2)n1. The second kappa shape index (κ2) is 8.62. The van der Waals surface area contributed by atoms with Crippen LogP contribution >= 0.6 is 22.6 Å². The highest BCUT2D eigenvalue weighted by Gasteiger charge is 2.37. The summed E-state index contributed by atoms with van der Waals surface area (Å²) in [5.74, 6) is -0.166. The average Bonchev–Trinajstić information content (AvgIpc) is 2.64. The molecule has 0 saturated heterocycles. The Morgan fingerprint density at radius 3 is 2.41 bits per heavy atom. The molecule has 8 heteroatoms. The molecule has 0 radical (unpaired) electrons. The van der Waals surface area contributed by atoms with E-state index in [0.29, 0.717) is 6.54 Å². The molecule has 2 aromatic rings. The van der Waals surface area contributed by atoms with Crippen LogP contribution in [0.25, 0.3) is 0 Å². The lowest BCUT2D eigenvalue weighted by atomic mass is 9.98. The molecule has 1 aromatic carbocycles. The molecular weight excluding hydrogens is 470 g/mol. The van der Waals surface area contributed by atoms with Gasteiger partial charge in [-0.2, -0.15) is 18.2 Å². The van der Waals surface area contributed by atoms with E-state index in [1.165, 1.54) is 0 Å². The van der Waals surface area contributed by atoms with Crippen LogP contribution in [0.3, 0.4) is 0 Å². The molecule has 146 valence electrons. The molecular formula is C19H21F3IN3O. The van der Waals surface area contributed by atoms with Gasteiger partial charge in [-0.1, -0.05) is 6.42 Å². The van der Waals surface area contributed by atoms with Crippen molar-refractivity contribution in [3.63, 3.8) is 0 Å². The molecule has 0 unspecified atom stereocenters. The number of benzene rings is 1. The number of hydrogen-bond acceptors (Lipinski definition) is 4. The summed E-state index contributed by atoms with van der Waals surface area (Å²) in [5.41, 5.74) is -0.100. The van der Waals surface area contributed by atoms with Gasteiger partial charge in [-0.3, -0.25) is 0 Å². The van der Waals surface area contributed by atoms with E-state index < -0.39 is 11.7 Å². The lowest BCUT2D eigenvalue weighted by molar-refractivity contribution is -0.140. The van der Waals surface area contributed by atoms with Crippen LogP contribution in [0.5, 0.6) is 5.88 Å². The third-order valence-corrected chi connectivity index (χ3v) is 5.29. The number of nitrogens with zero attached hydrogens (tertiary/aromatic N) is 3. The van der Waals surface area contributed by atoms with E-state index in [1.807, 2.05) is 31.2 Å².